The molecule has 0 aromatic heterocycles. The van der Waals surface area contributed by atoms with Crippen molar-refractivity contribution in [2.24, 2.45) is 0 Å². The van der Waals surface area contributed by atoms with E-state index in [2.05, 4.69) is 0 Å². The van der Waals surface area contributed by atoms with E-state index in [4.69, 9.17) is 16.3 Å². The van der Waals surface area contributed by atoms with Gasteiger partial charge in [0.1, 0.15) is 6.61 Å². The SMILES string of the molecule is CCOCC(=O)N(CCCl)C1CCC1. The van der Waals surface area contributed by atoms with Gasteiger partial charge in [0, 0.05) is 25.1 Å². The van der Waals surface area contributed by atoms with E-state index in [1.54, 1.807) is 0 Å². The molecule has 0 aromatic rings. The number of hydrogen-bond acceptors (Lipinski definition) is 2. The van der Waals surface area contributed by atoms with E-state index >= 15 is 0 Å². The number of carbonyl (C=O) groups excluding carboxylic acids is 1. The van der Waals surface area contributed by atoms with Gasteiger partial charge in [-0.05, 0) is 26.2 Å². The van der Waals surface area contributed by atoms with Crippen molar-refractivity contribution < 1.29 is 9.53 Å². The Kier molecular flexibility index (Phi) is 5.26. The number of hydrogen-bond donors (Lipinski definition) is 0. The fraction of sp³-hybridized carbons (Fsp3) is 0.900. The molecule has 1 fully saturated rings. The van der Waals surface area contributed by atoms with Gasteiger partial charge in [-0.1, -0.05) is 0 Å². The van der Waals surface area contributed by atoms with Crippen LogP contribution in [0.5, 0.6) is 0 Å². The Bertz CT molecular complexity index is 183. The van der Waals surface area contributed by atoms with Crippen molar-refractivity contribution >= 4 is 17.5 Å². The van der Waals surface area contributed by atoms with Crippen LogP contribution in [0, 0.1) is 0 Å². The molecular weight excluding hydrogens is 202 g/mol. The zero-order chi connectivity index (χ0) is 10.4. The Morgan fingerprint density at radius 1 is 1.57 bits per heavy atom. The van der Waals surface area contributed by atoms with E-state index in [1.807, 2.05) is 11.8 Å². The zero-order valence-corrected chi connectivity index (χ0v) is 9.42. The van der Waals surface area contributed by atoms with Crippen molar-refractivity contribution in [2.75, 3.05) is 25.6 Å². The summed E-state index contributed by atoms with van der Waals surface area (Å²) in [5, 5.41) is 0. The second-order valence-electron chi connectivity index (χ2n) is 3.50. The fourth-order valence-electron chi connectivity index (χ4n) is 1.57. The minimum absolute atomic E-state index is 0.0807. The molecule has 1 aliphatic carbocycles. The molecule has 0 heterocycles. The molecule has 82 valence electrons. The van der Waals surface area contributed by atoms with E-state index in [9.17, 15) is 4.79 Å². The van der Waals surface area contributed by atoms with Gasteiger partial charge in [-0.25, -0.2) is 0 Å². The molecule has 0 unspecified atom stereocenters. The molecule has 0 atom stereocenters. The lowest BCUT2D eigenvalue weighted by Gasteiger charge is -2.37. The standard InChI is InChI=1S/C10H18ClNO2/c1-2-14-8-10(13)12(7-6-11)9-4-3-5-9/h9H,2-8H2,1H3. The maximum absolute atomic E-state index is 11.7. The highest BCUT2D eigenvalue weighted by Crippen LogP contribution is 2.24. The smallest absolute Gasteiger partial charge is 0.248 e. The number of alkyl halides is 1. The molecule has 1 rings (SSSR count). The van der Waals surface area contributed by atoms with Crippen LogP contribution in [-0.4, -0.2) is 42.5 Å². The molecule has 1 aliphatic rings. The number of nitrogens with zero attached hydrogens (tertiary/aromatic N) is 1. The summed E-state index contributed by atoms with van der Waals surface area (Å²) in [5.41, 5.74) is 0. The Hall–Kier alpha value is -0.280. The molecule has 3 nitrogen and oxygen atoms in total. The lowest BCUT2D eigenvalue weighted by molar-refractivity contribution is -0.139. The van der Waals surface area contributed by atoms with Crippen LogP contribution in [-0.2, 0) is 9.53 Å². The summed E-state index contributed by atoms with van der Waals surface area (Å²) in [7, 11) is 0. The molecule has 4 heteroatoms. The van der Waals surface area contributed by atoms with Crippen LogP contribution in [0.1, 0.15) is 26.2 Å². The molecule has 0 aromatic carbocycles. The molecule has 1 amide bonds. The number of amides is 1. The third-order valence-corrected chi connectivity index (χ3v) is 2.76. The van der Waals surface area contributed by atoms with E-state index in [1.165, 1.54) is 6.42 Å². The maximum Gasteiger partial charge on any atom is 0.248 e. The van der Waals surface area contributed by atoms with Crippen LogP contribution in [0.3, 0.4) is 0 Å². The average molecular weight is 220 g/mol. The normalized spacial score (nSPS) is 16.4. The van der Waals surface area contributed by atoms with E-state index < -0.39 is 0 Å². The molecule has 0 N–H and O–H groups in total. The van der Waals surface area contributed by atoms with Gasteiger partial charge in [-0.3, -0.25) is 4.79 Å². The van der Waals surface area contributed by atoms with Crippen LogP contribution in [0.4, 0.5) is 0 Å². The molecule has 1 saturated carbocycles. The Morgan fingerprint density at radius 3 is 2.71 bits per heavy atom. The monoisotopic (exact) mass is 219 g/mol. The fourth-order valence-corrected chi connectivity index (χ4v) is 1.75. The van der Waals surface area contributed by atoms with Crippen LogP contribution in [0.2, 0.25) is 0 Å². The second kappa shape index (κ2) is 6.25. The topological polar surface area (TPSA) is 29.5 Å². The largest absolute Gasteiger partial charge is 0.372 e. The predicted octanol–water partition coefficient (Wildman–Crippen LogP) is 1.64. The number of ether oxygens (including phenoxy) is 1. The second-order valence-corrected chi connectivity index (χ2v) is 3.88. The summed E-state index contributed by atoms with van der Waals surface area (Å²) in [4.78, 5) is 13.5. The van der Waals surface area contributed by atoms with Crippen molar-refractivity contribution in [1.29, 1.82) is 0 Å². The summed E-state index contributed by atoms with van der Waals surface area (Å²) < 4.78 is 5.11. The quantitative estimate of drug-likeness (QED) is 0.636. The first-order valence-electron chi connectivity index (χ1n) is 5.22. The van der Waals surface area contributed by atoms with Crippen molar-refractivity contribution in [3.8, 4) is 0 Å². The predicted molar refractivity (Wildman–Crippen MR) is 56.6 cm³/mol. The molecule has 0 radical (unpaired) electrons. The number of rotatable bonds is 6. The Morgan fingerprint density at radius 2 is 2.29 bits per heavy atom. The summed E-state index contributed by atoms with van der Waals surface area (Å²) >= 11 is 5.66. The molecule has 0 bridgehead atoms. The first-order chi connectivity index (χ1) is 6.79. The molecule has 14 heavy (non-hydrogen) atoms. The first kappa shape index (κ1) is 11.8. The molecule has 0 saturated heterocycles. The minimum Gasteiger partial charge on any atom is -0.372 e. The van der Waals surface area contributed by atoms with E-state index in [0.29, 0.717) is 25.1 Å². The van der Waals surface area contributed by atoms with E-state index in [0.717, 1.165) is 12.8 Å². The lowest BCUT2D eigenvalue weighted by Crippen LogP contribution is -2.46. The summed E-state index contributed by atoms with van der Waals surface area (Å²) in [5.74, 6) is 0.589. The van der Waals surface area contributed by atoms with Gasteiger partial charge >= 0.3 is 0 Å². The van der Waals surface area contributed by atoms with Gasteiger partial charge in [-0.15, -0.1) is 11.6 Å². The van der Waals surface area contributed by atoms with Crippen LogP contribution in [0.15, 0.2) is 0 Å². The van der Waals surface area contributed by atoms with Gasteiger partial charge < -0.3 is 9.64 Å². The number of carbonyl (C=O) groups is 1. The molecule has 0 aliphatic heterocycles. The number of halogens is 1. The molecule has 0 spiro atoms. The van der Waals surface area contributed by atoms with E-state index in [-0.39, 0.29) is 12.5 Å². The van der Waals surface area contributed by atoms with Crippen LogP contribution in [0.25, 0.3) is 0 Å². The van der Waals surface area contributed by atoms with Crippen molar-refractivity contribution in [3.05, 3.63) is 0 Å². The summed E-state index contributed by atoms with van der Waals surface area (Å²) in [6.45, 7) is 3.33. The lowest BCUT2D eigenvalue weighted by atomic mass is 9.91. The van der Waals surface area contributed by atoms with Gasteiger partial charge in [0.05, 0.1) is 0 Å². The third-order valence-electron chi connectivity index (χ3n) is 2.59. The van der Waals surface area contributed by atoms with Gasteiger partial charge in [0.2, 0.25) is 5.91 Å². The summed E-state index contributed by atoms with van der Waals surface area (Å²) in [6, 6.07) is 0.418. The van der Waals surface area contributed by atoms with Crippen molar-refractivity contribution in [2.45, 2.75) is 32.2 Å². The summed E-state index contributed by atoms with van der Waals surface area (Å²) in [6.07, 6.45) is 3.47. The Labute approximate surface area is 90.4 Å². The molecular formula is C10H18ClNO2. The maximum atomic E-state index is 11.7. The highest BCUT2D eigenvalue weighted by atomic mass is 35.5. The zero-order valence-electron chi connectivity index (χ0n) is 8.67. The van der Waals surface area contributed by atoms with Gasteiger partial charge in [0.25, 0.3) is 0 Å². The third kappa shape index (κ3) is 3.14. The highest BCUT2D eigenvalue weighted by Gasteiger charge is 2.27. The van der Waals surface area contributed by atoms with Crippen molar-refractivity contribution in [3.63, 3.8) is 0 Å². The van der Waals surface area contributed by atoms with Gasteiger partial charge in [0.15, 0.2) is 0 Å². The average Bonchev–Trinajstić information content (AvgIpc) is 2.10. The van der Waals surface area contributed by atoms with Crippen molar-refractivity contribution in [1.82, 2.24) is 4.90 Å². The minimum atomic E-state index is 0.0807. The first-order valence-corrected chi connectivity index (χ1v) is 5.76. The van der Waals surface area contributed by atoms with Crippen LogP contribution >= 0.6 is 11.6 Å². The Balaban J connectivity index is 2.35. The van der Waals surface area contributed by atoms with Crippen LogP contribution < -0.4 is 0 Å². The van der Waals surface area contributed by atoms with Gasteiger partial charge in [-0.2, -0.15) is 0 Å². The highest BCUT2D eigenvalue weighted by molar-refractivity contribution is 6.18.